The summed E-state index contributed by atoms with van der Waals surface area (Å²) in [6.45, 7) is -0.0823. The molecule has 8 nitrogen and oxygen atoms in total. The minimum atomic E-state index is -0.396. The molecular formula is C21H24N4O4. The molecule has 152 valence electrons. The minimum Gasteiger partial charge on any atom is -0.497 e. The van der Waals surface area contributed by atoms with Crippen LogP contribution >= 0.6 is 0 Å². The van der Waals surface area contributed by atoms with Crippen molar-refractivity contribution in [1.29, 1.82) is 0 Å². The third kappa shape index (κ3) is 4.72. The molecule has 29 heavy (non-hydrogen) atoms. The minimum absolute atomic E-state index is 0.140. The number of amides is 1. The third-order valence-corrected chi connectivity index (χ3v) is 4.62. The zero-order chi connectivity index (χ0) is 20.8. The molecule has 0 spiro atoms. The van der Waals surface area contributed by atoms with E-state index in [1.165, 1.54) is 14.1 Å². The molecular weight excluding hydrogens is 372 g/mol. The summed E-state index contributed by atoms with van der Waals surface area (Å²) in [7, 11) is 3.16. The first-order chi connectivity index (χ1) is 14.0. The third-order valence-electron chi connectivity index (χ3n) is 4.62. The van der Waals surface area contributed by atoms with E-state index in [4.69, 9.17) is 9.84 Å². The average molecular weight is 396 g/mol. The molecule has 0 bridgehead atoms. The fraction of sp³-hybridized carbons (Fsp3) is 0.286. The Bertz CT molecular complexity index is 1010. The first kappa shape index (κ1) is 20.3. The van der Waals surface area contributed by atoms with Crippen molar-refractivity contribution in [2.45, 2.75) is 13.0 Å². The van der Waals surface area contributed by atoms with Crippen LogP contribution in [0, 0.1) is 0 Å². The van der Waals surface area contributed by atoms with Crippen LogP contribution in [0.2, 0.25) is 0 Å². The van der Waals surface area contributed by atoms with Gasteiger partial charge in [-0.2, -0.15) is 4.68 Å². The van der Waals surface area contributed by atoms with Gasteiger partial charge in [-0.15, -0.1) is 5.10 Å². The highest BCUT2D eigenvalue weighted by Crippen LogP contribution is 2.14. The van der Waals surface area contributed by atoms with E-state index < -0.39 is 5.69 Å². The van der Waals surface area contributed by atoms with E-state index in [1.807, 2.05) is 30.3 Å². The molecule has 0 saturated carbocycles. The van der Waals surface area contributed by atoms with E-state index in [1.54, 1.807) is 38.4 Å². The fourth-order valence-electron chi connectivity index (χ4n) is 2.93. The monoisotopic (exact) mass is 396 g/mol. The number of carbonyl (C=O) groups is 1. The second-order valence-electron chi connectivity index (χ2n) is 6.60. The van der Waals surface area contributed by atoms with Crippen molar-refractivity contribution in [1.82, 2.24) is 19.2 Å². The van der Waals surface area contributed by atoms with Gasteiger partial charge in [0.25, 0.3) is 0 Å². The lowest BCUT2D eigenvalue weighted by Crippen LogP contribution is -2.36. The number of methoxy groups -OCH3 is 1. The highest BCUT2D eigenvalue weighted by Gasteiger charge is 2.19. The van der Waals surface area contributed by atoms with Crippen LogP contribution in [0.1, 0.15) is 11.4 Å². The SMILES string of the molecule is COc1ccc(-n2nc(Cc3ccccc3)n(CC(=O)N(C)CCO)c2=O)cc1. The van der Waals surface area contributed by atoms with E-state index >= 15 is 0 Å². The summed E-state index contributed by atoms with van der Waals surface area (Å²) in [6.07, 6.45) is 0.413. The summed E-state index contributed by atoms with van der Waals surface area (Å²) in [5.41, 5.74) is 1.17. The molecule has 0 radical (unpaired) electrons. The first-order valence-electron chi connectivity index (χ1n) is 9.25. The van der Waals surface area contributed by atoms with Crippen LogP contribution in [-0.4, -0.2) is 57.6 Å². The predicted octanol–water partition coefficient (Wildman–Crippen LogP) is 1.08. The van der Waals surface area contributed by atoms with E-state index in [2.05, 4.69) is 5.10 Å². The van der Waals surface area contributed by atoms with Gasteiger partial charge >= 0.3 is 5.69 Å². The molecule has 1 N–H and O–H groups in total. The van der Waals surface area contributed by atoms with Gasteiger partial charge in [0.2, 0.25) is 5.91 Å². The molecule has 0 aliphatic heterocycles. The Balaban J connectivity index is 1.99. The Labute approximate surface area is 168 Å². The molecule has 3 aromatic rings. The van der Waals surface area contributed by atoms with Gasteiger partial charge in [0.15, 0.2) is 0 Å². The molecule has 0 aliphatic rings. The van der Waals surface area contributed by atoms with Crippen LogP contribution in [0.25, 0.3) is 5.69 Å². The lowest BCUT2D eigenvalue weighted by atomic mass is 10.1. The molecule has 1 amide bonds. The van der Waals surface area contributed by atoms with Gasteiger partial charge in [0.1, 0.15) is 18.1 Å². The summed E-state index contributed by atoms with van der Waals surface area (Å²) < 4.78 is 7.83. The Hall–Kier alpha value is -3.39. The van der Waals surface area contributed by atoms with Crippen molar-refractivity contribution < 1.29 is 14.6 Å². The van der Waals surface area contributed by atoms with Gasteiger partial charge in [0.05, 0.1) is 19.4 Å². The van der Waals surface area contributed by atoms with E-state index in [9.17, 15) is 9.59 Å². The van der Waals surface area contributed by atoms with Crippen molar-refractivity contribution in [2.24, 2.45) is 0 Å². The quantitative estimate of drug-likeness (QED) is 0.616. The number of aliphatic hydroxyl groups excluding tert-OH is 1. The second kappa shape index (κ2) is 9.20. The highest BCUT2D eigenvalue weighted by molar-refractivity contribution is 5.75. The lowest BCUT2D eigenvalue weighted by Gasteiger charge is -2.16. The van der Waals surface area contributed by atoms with Crippen molar-refractivity contribution in [3.63, 3.8) is 0 Å². The van der Waals surface area contributed by atoms with Crippen molar-refractivity contribution in [3.05, 3.63) is 76.5 Å². The Kier molecular flexibility index (Phi) is 6.46. The van der Waals surface area contributed by atoms with Gasteiger partial charge in [-0.3, -0.25) is 9.36 Å². The molecule has 0 fully saturated rings. The summed E-state index contributed by atoms with van der Waals surface area (Å²) in [5.74, 6) is 0.888. The molecule has 8 heteroatoms. The molecule has 2 aromatic carbocycles. The number of carbonyl (C=O) groups excluding carboxylic acids is 1. The molecule has 0 atom stereocenters. The Morgan fingerprint density at radius 1 is 1.14 bits per heavy atom. The standard InChI is InChI=1S/C21H24N4O4/c1-23(12-13-26)20(27)15-24-19(14-16-6-4-3-5-7-16)22-25(21(24)28)17-8-10-18(29-2)11-9-17/h3-11,26H,12-15H2,1-2H3. The van der Waals surface area contributed by atoms with E-state index in [-0.39, 0.29) is 25.6 Å². The van der Waals surface area contributed by atoms with Crippen LogP contribution in [0.4, 0.5) is 0 Å². The highest BCUT2D eigenvalue weighted by atomic mass is 16.5. The number of ether oxygens (including phenoxy) is 1. The normalized spacial score (nSPS) is 10.7. The molecule has 0 aliphatic carbocycles. The van der Waals surface area contributed by atoms with Gasteiger partial charge in [-0.1, -0.05) is 30.3 Å². The topological polar surface area (TPSA) is 89.6 Å². The van der Waals surface area contributed by atoms with Gasteiger partial charge < -0.3 is 14.7 Å². The molecule has 1 heterocycles. The van der Waals surface area contributed by atoms with Gasteiger partial charge in [-0.05, 0) is 29.8 Å². The van der Waals surface area contributed by atoms with Crippen molar-refractivity contribution >= 4 is 5.91 Å². The van der Waals surface area contributed by atoms with Gasteiger partial charge in [0, 0.05) is 20.0 Å². The molecule has 0 saturated heterocycles. The Morgan fingerprint density at radius 3 is 2.45 bits per heavy atom. The maximum absolute atomic E-state index is 13.1. The second-order valence-corrected chi connectivity index (χ2v) is 6.60. The van der Waals surface area contributed by atoms with Crippen LogP contribution in [-0.2, 0) is 17.8 Å². The maximum Gasteiger partial charge on any atom is 0.351 e. The maximum atomic E-state index is 13.1. The summed E-state index contributed by atoms with van der Waals surface area (Å²) in [6, 6.07) is 16.6. The van der Waals surface area contributed by atoms with Crippen molar-refractivity contribution in [3.8, 4) is 11.4 Å². The number of aromatic nitrogens is 3. The van der Waals surface area contributed by atoms with Crippen LogP contribution in [0.15, 0.2) is 59.4 Å². The van der Waals surface area contributed by atoms with Crippen LogP contribution in [0.5, 0.6) is 5.75 Å². The fourth-order valence-corrected chi connectivity index (χ4v) is 2.93. The van der Waals surface area contributed by atoms with Crippen LogP contribution < -0.4 is 10.4 Å². The predicted molar refractivity (Wildman–Crippen MR) is 108 cm³/mol. The van der Waals surface area contributed by atoms with Crippen molar-refractivity contribution in [2.75, 3.05) is 27.3 Å². The first-order valence-corrected chi connectivity index (χ1v) is 9.25. The summed E-state index contributed by atoms with van der Waals surface area (Å²) >= 11 is 0. The zero-order valence-electron chi connectivity index (χ0n) is 16.5. The van der Waals surface area contributed by atoms with E-state index in [0.717, 1.165) is 5.56 Å². The Morgan fingerprint density at radius 2 is 1.83 bits per heavy atom. The molecule has 0 unspecified atom stereocenters. The number of benzene rings is 2. The molecule has 3 rings (SSSR count). The smallest absolute Gasteiger partial charge is 0.351 e. The van der Waals surface area contributed by atoms with Gasteiger partial charge in [-0.25, -0.2) is 4.79 Å². The number of hydrogen-bond acceptors (Lipinski definition) is 5. The average Bonchev–Trinajstić information content (AvgIpc) is 3.04. The summed E-state index contributed by atoms with van der Waals surface area (Å²) in [5, 5.41) is 13.6. The summed E-state index contributed by atoms with van der Waals surface area (Å²) in [4.78, 5) is 26.9. The largest absolute Gasteiger partial charge is 0.497 e. The number of nitrogens with zero attached hydrogens (tertiary/aromatic N) is 4. The zero-order valence-corrected chi connectivity index (χ0v) is 16.5. The number of rotatable bonds is 8. The number of aliphatic hydroxyl groups is 1. The van der Waals surface area contributed by atoms with Crippen LogP contribution in [0.3, 0.4) is 0 Å². The molecule has 1 aromatic heterocycles. The number of hydrogen-bond donors (Lipinski definition) is 1. The lowest BCUT2D eigenvalue weighted by molar-refractivity contribution is -0.131. The van der Waals surface area contributed by atoms with E-state index in [0.29, 0.717) is 23.7 Å². The number of likely N-dealkylation sites (N-methyl/N-ethyl adjacent to an activating group) is 1.